The molecule has 0 unspecified atom stereocenters. The number of piperidine rings is 1. The number of fused-ring (bicyclic) bond motifs is 1. The Morgan fingerprint density at radius 2 is 1.77 bits per heavy atom. The lowest BCUT2D eigenvalue weighted by Gasteiger charge is -2.30. The molecular weight excluding hydrogens is 482 g/mol. The van der Waals surface area contributed by atoms with Crippen molar-refractivity contribution in [3.8, 4) is 0 Å². The summed E-state index contributed by atoms with van der Waals surface area (Å²) in [6, 6.07) is 14.7. The van der Waals surface area contributed by atoms with Crippen molar-refractivity contribution in [1.29, 1.82) is 0 Å². The number of sulfonamides is 1. The van der Waals surface area contributed by atoms with Crippen LogP contribution in [0.2, 0.25) is 0 Å². The van der Waals surface area contributed by atoms with E-state index in [9.17, 15) is 18.0 Å². The highest BCUT2D eigenvalue weighted by Gasteiger charge is 2.33. The number of hydrogen-bond donors (Lipinski definition) is 0. The van der Waals surface area contributed by atoms with Gasteiger partial charge in [0.2, 0.25) is 21.8 Å². The molecule has 0 aromatic heterocycles. The van der Waals surface area contributed by atoms with Crippen molar-refractivity contribution in [2.75, 3.05) is 31.6 Å². The molecule has 2 aliphatic rings. The highest BCUT2D eigenvalue weighted by atomic mass is 32.2. The van der Waals surface area contributed by atoms with Crippen molar-refractivity contribution in [2.24, 2.45) is 5.92 Å². The Balaban J connectivity index is 1.61. The van der Waals surface area contributed by atoms with Crippen LogP contribution in [0.5, 0.6) is 0 Å². The van der Waals surface area contributed by atoms with E-state index >= 15 is 0 Å². The Morgan fingerprint density at radius 3 is 2.46 bits per heavy atom. The number of carbonyl (C=O) groups excluding carboxylic acids is 2. The molecule has 0 N–H and O–H groups in total. The number of likely N-dealkylation sites (N-methyl/N-ethyl adjacent to an activating group) is 1. The average molecular weight is 516 g/mol. The summed E-state index contributed by atoms with van der Waals surface area (Å²) in [5.41, 5.74) is 1.50. The van der Waals surface area contributed by atoms with Gasteiger partial charge < -0.3 is 9.80 Å². The van der Waals surface area contributed by atoms with Crippen molar-refractivity contribution < 1.29 is 18.0 Å². The fourth-order valence-electron chi connectivity index (χ4n) is 4.47. The lowest BCUT2D eigenvalue weighted by Crippen LogP contribution is -2.42. The van der Waals surface area contributed by atoms with Crippen molar-refractivity contribution in [2.45, 2.75) is 54.7 Å². The molecule has 0 spiro atoms. The van der Waals surface area contributed by atoms with Gasteiger partial charge in [-0.15, -0.1) is 11.8 Å². The predicted octanol–water partition coefficient (Wildman–Crippen LogP) is 3.98. The average Bonchev–Trinajstić information content (AvgIpc) is 2.94. The van der Waals surface area contributed by atoms with Crippen LogP contribution in [0.1, 0.15) is 38.7 Å². The molecule has 188 valence electrons. The van der Waals surface area contributed by atoms with Gasteiger partial charge in [-0.05, 0) is 42.5 Å². The van der Waals surface area contributed by atoms with Crippen LogP contribution in [0, 0.1) is 5.92 Å². The maximum absolute atomic E-state index is 13.4. The second-order valence-electron chi connectivity index (χ2n) is 9.56. The minimum Gasteiger partial charge on any atom is -0.340 e. The summed E-state index contributed by atoms with van der Waals surface area (Å²) >= 11 is 1.54. The minimum atomic E-state index is -3.68. The summed E-state index contributed by atoms with van der Waals surface area (Å²) in [5.74, 6) is 0.135. The van der Waals surface area contributed by atoms with Crippen LogP contribution < -0.4 is 4.90 Å². The van der Waals surface area contributed by atoms with Gasteiger partial charge >= 0.3 is 0 Å². The molecule has 35 heavy (non-hydrogen) atoms. The third kappa shape index (κ3) is 5.90. The minimum absolute atomic E-state index is 0.0226. The Morgan fingerprint density at radius 1 is 1.09 bits per heavy atom. The number of amides is 2. The molecule has 0 bridgehead atoms. The molecule has 2 heterocycles. The van der Waals surface area contributed by atoms with E-state index in [1.54, 1.807) is 30.1 Å². The van der Waals surface area contributed by atoms with Gasteiger partial charge in [0.25, 0.3) is 0 Å². The first kappa shape index (κ1) is 25.7. The maximum atomic E-state index is 13.4. The number of rotatable bonds is 6. The molecule has 2 amide bonds. The molecule has 2 aromatic carbocycles. The van der Waals surface area contributed by atoms with Gasteiger partial charge in [-0.25, -0.2) is 8.42 Å². The fraction of sp³-hybridized carbons (Fsp3) is 0.462. The zero-order chi connectivity index (χ0) is 25.2. The smallest absolute Gasteiger partial charge is 0.243 e. The number of nitrogens with zero attached hydrogens (tertiary/aromatic N) is 3. The van der Waals surface area contributed by atoms with Gasteiger partial charge in [-0.1, -0.05) is 44.2 Å². The summed E-state index contributed by atoms with van der Waals surface area (Å²) in [5, 5.41) is 0.0226. The van der Waals surface area contributed by atoms with Crippen LogP contribution in [-0.4, -0.2) is 61.4 Å². The van der Waals surface area contributed by atoms with Crippen molar-refractivity contribution in [3.63, 3.8) is 0 Å². The number of benzene rings is 2. The lowest BCUT2D eigenvalue weighted by molar-refractivity contribution is -0.130. The van der Waals surface area contributed by atoms with Gasteiger partial charge in [-0.3, -0.25) is 9.59 Å². The standard InChI is InChI=1S/C26H33N3O4S2/c1-19-11-13-28(14-12-19)35(32,33)22-9-10-24-23(16-22)29(25(30)15-20(2)34-24)18-26(31)27(3)17-21-7-5-4-6-8-21/h4-10,16,19-20H,11-15,17-18H2,1-3H3/t20-/m1/s1. The van der Waals surface area contributed by atoms with E-state index < -0.39 is 10.0 Å². The summed E-state index contributed by atoms with van der Waals surface area (Å²) in [6.45, 7) is 5.41. The topological polar surface area (TPSA) is 78.0 Å². The predicted molar refractivity (Wildman–Crippen MR) is 139 cm³/mol. The third-order valence-corrected chi connectivity index (χ3v) is 9.74. The molecule has 1 fully saturated rings. The summed E-state index contributed by atoms with van der Waals surface area (Å²) in [7, 11) is -1.96. The molecule has 7 nitrogen and oxygen atoms in total. The Bertz CT molecular complexity index is 1180. The molecule has 2 aromatic rings. The van der Waals surface area contributed by atoms with Gasteiger partial charge in [0, 0.05) is 43.2 Å². The Hall–Kier alpha value is -2.36. The highest BCUT2D eigenvalue weighted by Crippen LogP contribution is 2.40. The first-order chi connectivity index (χ1) is 16.6. The first-order valence-electron chi connectivity index (χ1n) is 12.0. The van der Waals surface area contributed by atoms with Crippen molar-refractivity contribution in [1.82, 2.24) is 9.21 Å². The van der Waals surface area contributed by atoms with Crippen LogP contribution in [-0.2, 0) is 26.2 Å². The second kappa shape index (κ2) is 10.7. The number of hydrogen-bond acceptors (Lipinski definition) is 5. The Labute approximate surface area is 212 Å². The van der Waals surface area contributed by atoms with E-state index in [-0.39, 0.29) is 34.9 Å². The van der Waals surface area contributed by atoms with Gasteiger partial charge in [-0.2, -0.15) is 4.31 Å². The quantitative estimate of drug-likeness (QED) is 0.582. The highest BCUT2D eigenvalue weighted by molar-refractivity contribution is 8.00. The van der Waals surface area contributed by atoms with E-state index in [1.807, 2.05) is 37.3 Å². The van der Waals surface area contributed by atoms with Gasteiger partial charge in [0.1, 0.15) is 6.54 Å². The van der Waals surface area contributed by atoms with Crippen LogP contribution >= 0.6 is 11.8 Å². The monoisotopic (exact) mass is 515 g/mol. The molecule has 1 atom stereocenters. The maximum Gasteiger partial charge on any atom is 0.243 e. The van der Waals surface area contributed by atoms with Gasteiger partial charge in [0.15, 0.2) is 0 Å². The molecule has 1 saturated heterocycles. The molecule has 0 aliphatic carbocycles. The molecule has 9 heteroatoms. The van der Waals surface area contributed by atoms with Crippen molar-refractivity contribution >= 4 is 39.3 Å². The zero-order valence-corrected chi connectivity index (χ0v) is 22.1. The number of carbonyl (C=O) groups is 2. The SMILES string of the molecule is CC1CCN(S(=O)(=O)c2ccc3c(c2)N(CC(=O)N(C)Cc2ccccc2)C(=O)C[C@@H](C)S3)CC1. The first-order valence-corrected chi connectivity index (χ1v) is 14.4. The normalized spacial score (nSPS) is 19.8. The van der Waals surface area contributed by atoms with Crippen LogP contribution in [0.25, 0.3) is 0 Å². The van der Waals surface area contributed by atoms with Crippen molar-refractivity contribution in [3.05, 3.63) is 54.1 Å². The van der Waals surface area contributed by atoms with Crippen LogP contribution in [0.15, 0.2) is 58.3 Å². The fourth-order valence-corrected chi connectivity index (χ4v) is 7.05. The van der Waals surface area contributed by atoms with E-state index in [0.717, 1.165) is 23.3 Å². The van der Waals surface area contributed by atoms with Gasteiger partial charge in [0.05, 0.1) is 10.6 Å². The van der Waals surface area contributed by atoms with Crippen LogP contribution in [0.3, 0.4) is 0 Å². The lowest BCUT2D eigenvalue weighted by atomic mass is 10.0. The summed E-state index contributed by atoms with van der Waals surface area (Å²) in [4.78, 5) is 30.4. The van der Waals surface area contributed by atoms with E-state index in [0.29, 0.717) is 31.2 Å². The zero-order valence-electron chi connectivity index (χ0n) is 20.5. The summed E-state index contributed by atoms with van der Waals surface area (Å²) < 4.78 is 28.3. The Kier molecular flexibility index (Phi) is 7.88. The largest absolute Gasteiger partial charge is 0.340 e. The molecule has 0 saturated carbocycles. The number of thioether (sulfide) groups is 1. The van der Waals surface area contributed by atoms with E-state index in [4.69, 9.17) is 0 Å². The van der Waals surface area contributed by atoms with E-state index in [2.05, 4.69) is 6.92 Å². The third-order valence-electron chi connectivity index (χ3n) is 6.67. The number of anilines is 1. The second-order valence-corrected chi connectivity index (χ2v) is 13.0. The summed E-state index contributed by atoms with van der Waals surface area (Å²) in [6.07, 6.45) is 1.95. The molecule has 0 radical (unpaired) electrons. The molecule has 4 rings (SSSR count). The molecule has 2 aliphatic heterocycles. The molecular formula is C26H33N3O4S2. The van der Waals surface area contributed by atoms with Crippen LogP contribution in [0.4, 0.5) is 5.69 Å². The van der Waals surface area contributed by atoms with E-state index in [1.165, 1.54) is 21.0 Å².